The molecule has 3 aromatic carbocycles. The van der Waals surface area contributed by atoms with Gasteiger partial charge in [-0.2, -0.15) is 13.2 Å². The first-order valence-corrected chi connectivity index (χ1v) is 12.8. The fraction of sp³-hybridized carbons (Fsp3) is 0.321. The fourth-order valence-corrected chi connectivity index (χ4v) is 6.15. The molecular weight excluding hydrogens is 469 g/mol. The molecule has 3 nitrogen and oxygen atoms in total. The molecule has 0 radical (unpaired) electrons. The maximum atomic E-state index is 13.3. The number of fused-ring (bicyclic) bond motifs is 2. The second-order valence-corrected chi connectivity index (χ2v) is 10.1. The van der Waals surface area contributed by atoms with Crippen molar-refractivity contribution in [1.29, 1.82) is 0 Å². The highest BCUT2D eigenvalue weighted by atomic mass is 32.2. The maximum absolute atomic E-state index is 13.3. The summed E-state index contributed by atoms with van der Waals surface area (Å²) in [5, 5.41) is 0. The van der Waals surface area contributed by atoms with Gasteiger partial charge in [-0.15, -0.1) is 0 Å². The van der Waals surface area contributed by atoms with Crippen molar-refractivity contribution in [1.82, 2.24) is 4.90 Å². The van der Waals surface area contributed by atoms with Gasteiger partial charge in [-0.25, -0.2) is 0 Å². The zero-order chi connectivity index (χ0) is 24.4. The van der Waals surface area contributed by atoms with Crippen LogP contribution in [0.3, 0.4) is 0 Å². The van der Waals surface area contributed by atoms with Crippen molar-refractivity contribution < 1.29 is 18.0 Å². The molecule has 2 aliphatic rings. The highest BCUT2D eigenvalue weighted by Gasteiger charge is 2.33. The van der Waals surface area contributed by atoms with Crippen LogP contribution in [0, 0.1) is 0 Å². The fourth-order valence-electron chi connectivity index (χ4n) is 5.05. The molecule has 1 saturated heterocycles. The van der Waals surface area contributed by atoms with E-state index in [4.69, 9.17) is 0 Å². The Morgan fingerprint density at radius 1 is 0.886 bits per heavy atom. The minimum atomic E-state index is -4.46. The molecule has 1 atom stereocenters. The number of alkyl halides is 3. The lowest BCUT2D eigenvalue weighted by Gasteiger charge is -2.36. The minimum Gasteiger partial charge on any atom is -0.340 e. The molecule has 182 valence electrons. The summed E-state index contributed by atoms with van der Waals surface area (Å²) in [6, 6.07) is 21.2. The van der Waals surface area contributed by atoms with E-state index in [1.807, 2.05) is 0 Å². The topological polar surface area (TPSA) is 23.6 Å². The smallest absolute Gasteiger partial charge is 0.340 e. The van der Waals surface area contributed by atoms with Gasteiger partial charge in [-0.3, -0.25) is 9.69 Å². The number of nitrogens with zero attached hydrogens (tertiary/aromatic N) is 2. The highest BCUT2D eigenvalue weighted by molar-refractivity contribution is 7.99. The van der Waals surface area contributed by atoms with E-state index in [9.17, 15) is 18.0 Å². The molecular formula is C28H27F3N2OS. The number of carbonyl (C=O) groups excluding carboxylic acids is 1. The maximum Gasteiger partial charge on any atom is 0.416 e. The Labute approximate surface area is 207 Å². The third-order valence-electron chi connectivity index (χ3n) is 6.75. The van der Waals surface area contributed by atoms with Gasteiger partial charge in [0.2, 0.25) is 0 Å². The molecule has 2 heterocycles. The van der Waals surface area contributed by atoms with Crippen molar-refractivity contribution in [3.8, 4) is 0 Å². The van der Waals surface area contributed by atoms with E-state index in [1.54, 1.807) is 11.8 Å². The van der Waals surface area contributed by atoms with E-state index in [2.05, 4.69) is 58.3 Å². The van der Waals surface area contributed by atoms with E-state index >= 15 is 0 Å². The monoisotopic (exact) mass is 496 g/mol. The number of benzene rings is 3. The predicted molar refractivity (Wildman–Crippen MR) is 134 cm³/mol. The van der Waals surface area contributed by atoms with Crippen LogP contribution in [0.1, 0.15) is 41.6 Å². The van der Waals surface area contributed by atoms with E-state index < -0.39 is 11.7 Å². The van der Waals surface area contributed by atoms with Crippen LogP contribution in [0.25, 0.3) is 0 Å². The number of halogens is 3. The van der Waals surface area contributed by atoms with E-state index in [0.29, 0.717) is 6.42 Å². The lowest BCUT2D eigenvalue weighted by atomic mass is 9.93. The Hall–Kier alpha value is -2.77. The number of anilines is 2. The zero-order valence-corrected chi connectivity index (χ0v) is 20.1. The number of hydrogen-bond acceptors (Lipinski definition) is 4. The SMILES string of the molecule is O=C(c1cccc(C(F)(F)F)c1)C1CCCCN1CCCN1c2ccccc2Sc2ccccc21. The van der Waals surface area contributed by atoms with Crippen molar-refractivity contribution in [2.45, 2.75) is 47.7 Å². The lowest BCUT2D eigenvalue weighted by molar-refractivity contribution is -0.137. The molecule has 0 aromatic heterocycles. The van der Waals surface area contributed by atoms with Crippen LogP contribution < -0.4 is 4.90 Å². The Kier molecular flexibility index (Phi) is 6.89. The number of Topliss-reactive ketones (excluding diaryl/α,β-unsaturated/α-hetero) is 1. The number of piperidine rings is 1. The van der Waals surface area contributed by atoms with Crippen LogP contribution in [0.15, 0.2) is 82.6 Å². The first-order chi connectivity index (χ1) is 16.9. The van der Waals surface area contributed by atoms with Gasteiger partial charge in [0, 0.05) is 28.4 Å². The zero-order valence-electron chi connectivity index (χ0n) is 19.3. The standard InChI is InChI=1S/C28H27F3N2OS/c29-28(30,31)21-10-7-9-20(19-21)27(34)24-13-5-6-16-32(24)17-8-18-33-22-11-1-3-14-25(22)35-26-15-4-2-12-23(26)33/h1-4,7,9-12,14-15,19,24H,5-6,8,13,16-18H2. The van der Waals surface area contributed by atoms with Crippen molar-refractivity contribution in [2.75, 3.05) is 24.5 Å². The van der Waals surface area contributed by atoms with Crippen LogP contribution in [0.5, 0.6) is 0 Å². The molecule has 35 heavy (non-hydrogen) atoms. The van der Waals surface area contributed by atoms with E-state index in [1.165, 1.54) is 33.3 Å². The van der Waals surface area contributed by atoms with Gasteiger partial charge in [0.15, 0.2) is 5.78 Å². The molecule has 0 saturated carbocycles. The molecule has 0 amide bonds. The summed E-state index contributed by atoms with van der Waals surface area (Å²) in [5.41, 5.74) is 1.75. The summed E-state index contributed by atoms with van der Waals surface area (Å²) < 4.78 is 39.5. The summed E-state index contributed by atoms with van der Waals surface area (Å²) in [6.45, 7) is 2.32. The summed E-state index contributed by atoms with van der Waals surface area (Å²) in [5.74, 6) is -0.208. The minimum absolute atomic E-state index is 0.146. The van der Waals surface area contributed by atoms with E-state index in [-0.39, 0.29) is 17.4 Å². The molecule has 5 rings (SSSR count). The third-order valence-corrected chi connectivity index (χ3v) is 7.88. The Balaban J connectivity index is 1.30. The van der Waals surface area contributed by atoms with Gasteiger partial charge < -0.3 is 4.90 Å². The van der Waals surface area contributed by atoms with Crippen molar-refractivity contribution in [3.05, 3.63) is 83.9 Å². The highest BCUT2D eigenvalue weighted by Crippen LogP contribution is 2.47. The third kappa shape index (κ3) is 5.11. The predicted octanol–water partition coefficient (Wildman–Crippen LogP) is 7.44. The van der Waals surface area contributed by atoms with Crippen molar-refractivity contribution in [3.63, 3.8) is 0 Å². The average molecular weight is 497 g/mol. The van der Waals surface area contributed by atoms with Gasteiger partial charge >= 0.3 is 6.18 Å². The number of carbonyl (C=O) groups is 1. The molecule has 3 aromatic rings. The molecule has 0 bridgehead atoms. The largest absolute Gasteiger partial charge is 0.416 e. The number of rotatable bonds is 6. The van der Waals surface area contributed by atoms with Gasteiger partial charge in [0.05, 0.1) is 23.0 Å². The summed E-state index contributed by atoms with van der Waals surface area (Å²) in [6.07, 6.45) is -1.02. The quantitative estimate of drug-likeness (QED) is 0.331. The normalized spacial score (nSPS) is 18.1. The summed E-state index contributed by atoms with van der Waals surface area (Å²) >= 11 is 1.78. The first kappa shape index (κ1) is 23.9. The number of ketones is 1. The Bertz CT molecular complexity index is 1170. The van der Waals surface area contributed by atoms with E-state index in [0.717, 1.165) is 51.0 Å². The van der Waals surface area contributed by atoms with Gasteiger partial charge in [0.1, 0.15) is 0 Å². The summed E-state index contributed by atoms with van der Waals surface area (Å²) in [7, 11) is 0. The number of hydrogen-bond donors (Lipinski definition) is 0. The number of likely N-dealkylation sites (tertiary alicyclic amines) is 1. The van der Waals surface area contributed by atoms with Gasteiger partial charge in [0.25, 0.3) is 0 Å². The molecule has 0 spiro atoms. The molecule has 0 N–H and O–H groups in total. The van der Waals surface area contributed by atoms with Gasteiger partial charge in [-0.05, 0) is 62.2 Å². The first-order valence-electron chi connectivity index (χ1n) is 12.0. The van der Waals surface area contributed by atoms with Gasteiger partial charge in [-0.1, -0.05) is 54.6 Å². The van der Waals surface area contributed by atoms with Crippen molar-refractivity contribution >= 4 is 28.9 Å². The molecule has 1 unspecified atom stereocenters. The molecule has 1 fully saturated rings. The Morgan fingerprint density at radius 2 is 1.57 bits per heavy atom. The molecule has 2 aliphatic heterocycles. The van der Waals surface area contributed by atoms with Crippen LogP contribution in [0.4, 0.5) is 24.5 Å². The Morgan fingerprint density at radius 3 is 2.26 bits per heavy atom. The lowest BCUT2D eigenvalue weighted by Crippen LogP contribution is -2.45. The van der Waals surface area contributed by atoms with Crippen molar-refractivity contribution in [2.24, 2.45) is 0 Å². The average Bonchev–Trinajstić information content (AvgIpc) is 2.87. The second kappa shape index (κ2) is 10.1. The second-order valence-electron chi connectivity index (χ2n) is 9.03. The van der Waals surface area contributed by atoms with Crippen LogP contribution >= 0.6 is 11.8 Å². The number of para-hydroxylation sites is 2. The van der Waals surface area contributed by atoms with Crippen LogP contribution in [0.2, 0.25) is 0 Å². The molecule has 7 heteroatoms. The molecule has 0 aliphatic carbocycles. The van der Waals surface area contributed by atoms with Crippen LogP contribution in [-0.4, -0.2) is 36.4 Å². The van der Waals surface area contributed by atoms with Crippen LogP contribution in [-0.2, 0) is 6.18 Å². The summed E-state index contributed by atoms with van der Waals surface area (Å²) in [4.78, 5) is 20.2.